The van der Waals surface area contributed by atoms with E-state index in [4.69, 9.17) is 14.2 Å². The van der Waals surface area contributed by atoms with Crippen molar-refractivity contribution >= 4 is 33.9 Å². The average molecular weight is 600 g/mol. The summed E-state index contributed by atoms with van der Waals surface area (Å²) in [6, 6.07) is 19.1. The highest BCUT2D eigenvalue weighted by atomic mass is 32.1. The maximum Gasteiger partial charge on any atom is 0.301 e. The highest BCUT2D eigenvalue weighted by Gasteiger charge is 2.48. The Morgan fingerprint density at radius 3 is 2.44 bits per heavy atom. The average Bonchev–Trinajstić information content (AvgIpc) is 3.55. The topological polar surface area (TPSA) is 111 Å². The van der Waals surface area contributed by atoms with Crippen molar-refractivity contribution < 1.29 is 28.9 Å². The summed E-state index contributed by atoms with van der Waals surface area (Å²) in [6.07, 6.45) is 1.87. The van der Waals surface area contributed by atoms with Crippen LogP contribution in [-0.4, -0.2) is 40.7 Å². The van der Waals surface area contributed by atoms with Crippen molar-refractivity contribution in [1.29, 1.82) is 0 Å². The number of hydrogen-bond donors (Lipinski definition) is 1. The van der Waals surface area contributed by atoms with Gasteiger partial charge in [0.15, 0.2) is 11.5 Å². The third kappa shape index (κ3) is 6.39. The van der Waals surface area contributed by atoms with Gasteiger partial charge in [-0.2, -0.15) is 0 Å². The number of rotatable bonds is 11. The predicted molar refractivity (Wildman–Crippen MR) is 165 cm³/mol. The fourth-order valence-electron chi connectivity index (χ4n) is 4.86. The lowest BCUT2D eigenvalue weighted by atomic mass is 9.95. The summed E-state index contributed by atoms with van der Waals surface area (Å²) >= 11 is 1.19. The minimum Gasteiger partial charge on any atom is -0.507 e. The van der Waals surface area contributed by atoms with Crippen LogP contribution in [0.25, 0.3) is 5.76 Å². The molecule has 1 aromatic heterocycles. The number of unbranched alkanes of at least 4 members (excludes halogenated alkanes) is 1. The van der Waals surface area contributed by atoms with Crippen molar-refractivity contribution in [3.63, 3.8) is 0 Å². The van der Waals surface area contributed by atoms with Gasteiger partial charge in [-0.3, -0.25) is 14.5 Å². The number of aliphatic hydroxyl groups is 1. The Morgan fingerprint density at radius 2 is 1.77 bits per heavy atom. The van der Waals surface area contributed by atoms with Crippen molar-refractivity contribution in [3.05, 3.63) is 99.6 Å². The number of aromatic nitrogens is 2. The first-order valence-corrected chi connectivity index (χ1v) is 14.8. The molecule has 0 radical (unpaired) electrons. The zero-order valence-corrected chi connectivity index (χ0v) is 25.3. The summed E-state index contributed by atoms with van der Waals surface area (Å²) in [7, 11) is 1.53. The van der Waals surface area contributed by atoms with E-state index in [0.29, 0.717) is 46.6 Å². The van der Waals surface area contributed by atoms with Crippen LogP contribution in [0.15, 0.2) is 72.3 Å². The molecule has 4 aromatic rings. The summed E-state index contributed by atoms with van der Waals surface area (Å²) in [6.45, 7) is 6.78. The van der Waals surface area contributed by atoms with Crippen LogP contribution in [0.5, 0.6) is 17.2 Å². The normalized spacial score (nSPS) is 16.0. The molecule has 1 atom stereocenters. The minimum atomic E-state index is -0.969. The van der Waals surface area contributed by atoms with E-state index in [1.54, 1.807) is 49.4 Å². The van der Waals surface area contributed by atoms with Gasteiger partial charge >= 0.3 is 5.91 Å². The van der Waals surface area contributed by atoms with Crippen LogP contribution in [0.3, 0.4) is 0 Å². The maximum absolute atomic E-state index is 13.5. The number of hydrogen-bond acceptors (Lipinski definition) is 9. The Hall–Kier alpha value is -4.70. The van der Waals surface area contributed by atoms with Gasteiger partial charge in [0.25, 0.3) is 5.78 Å². The molecular weight excluding hydrogens is 566 g/mol. The van der Waals surface area contributed by atoms with Crippen LogP contribution in [0, 0.1) is 13.8 Å². The van der Waals surface area contributed by atoms with Gasteiger partial charge in [-0.1, -0.05) is 60.6 Å². The van der Waals surface area contributed by atoms with Gasteiger partial charge < -0.3 is 19.3 Å². The van der Waals surface area contributed by atoms with Gasteiger partial charge in [0, 0.05) is 5.56 Å². The van der Waals surface area contributed by atoms with Crippen molar-refractivity contribution in [3.8, 4) is 17.2 Å². The zero-order valence-electron chi connectivity index (χ0n) is 24.5. The number of carbonyl (C=O) groups is 2. The van der Waals surface area contributed by atoms with Gasteiger partial charge in [0.05, 0.1) is 25.3 Å². The van der Waals surface area contributed by atoms with E-state index in [-0.39, 0.29) is 16.5 Å². The van der Waals surface area contributed by atoms with E-state index in [9.17, 15) is 14.7 Å². The van der Waals surface area contributed by atoms with Crippen LogP contribution in [0.2, 0.25) is 0 Å². The number of amides is 1. The number of aliphatic hydroxyl groups excluding tert-OH is 1. The molecule has 1 N–H and O–H groups in total. The number of methoxy groups -OCH3 is 1. The molecule has 0 spiro atoms. The largest absolute Gasteiger partial charge is 0.507 e. The van der Waals surface area contributed by atoms with E-state index < -0.39 is 17.7 Å². The lowest BCUT2D eigenvalue weighted by molar-refractivity contribution is -0.132. The van der Waals surface area contributed by atoms with Crippen molar-refractivity contribution in [2.45, 2.75) is 46.3 Å². The van der Waals surface area contributed by atoms with Gasteiger partial charge in [0.2, 0.25) is 5.13 Å². The van der Waals surface area contributed by atoms with Crippen LogP contribution < -0.4 is 19.1 Å². The number of anilines is 1. The first kappa shape index (κ1) is 29.8. The number of carbonyl (C=O) groups excluding carboxylic acids is 2. The number of ether oxygens (including phenoxy) is 3. The molecule has 222 valence electrons. The van der Waals surface area contributed by atoms with Crippen molar-refractivity contribution in [2.24, 2.45) is 0 Å². The standard InChI is InChI=1S/C33H33N3O6S/c1-5-6-16-41-26-15-12-24(18-27(26)40-4)29-28(31(38)32(39)36(29)33-35-34-21(3)43-33)30(37)23-10-13-25(14-11-23)42-19-22-9-7-8-20(2)17-22/h7-15,17-18,29,37H,5-6,16,19H2,1-4H3/b30-28+. The number of Topliss-reactive ketones (excluding diaryl/α,β-unsaturated/α-hetero) is 1. The van der Waals surface area contributed by atoms with Gasteiger partial charge in [0.1, 0.15) is 23.1 Å². The van der Waals surface area contributed by atoms with Gasteiger partial charge in [-0.25, -0.2) is 0 Å². The third-order valence-corrected chi connectivity index (χ3v) is 7.88. The molecule has 3 aromatic carbocycles. The molecule has 0 aliphatic carbocycles. The summed E-state index contributed by atoms with van der Waals surface area (Å²) < 4.78 is 17.4. The summed E-state index contributed by atoms with van der Waals surface area (Å²) in [5.74, 6) is -0.338. The van der Waals surface area contributed by atoms with Crippen LogP contribution in [0.4, 0.5) is 5.13 Å². The van der Waals surface area contributed by atoms with E-state index in [1.807, 2.05) is 25.1 Å². The van der Waals surface area contributed by atoms with E-state index >= 15 is 0 Å². The molecule has 1 saturated heterocycles. The predicted octanol–water partition coefficient (Wildman–Crippen LogP) is 6.55. The van der Waals surface area contributed by atoms with E-state index in [0.717, 1.165) is 24.0 Å². The van der Waals surface area contributed by atoms with Crippen LogP contribution >= 0.6 is 11.3 Å². The Kier molecular flexibility index (Phi) is 9.06. The quantitative estimate of drug-likeness (QED) is 0.0895. The smallest absolute Gasteiger partial charge is 0.301 e. The molecule has 0 bridgehead atoms. The molecule has 2 heterocycles. The molecule has 1 aliphatic heterocycles. The molecule has 1 aliphatic rings. The molecule has 9 nitrogen and oxygen atoms in total. The second-order valence-corrected chi connectivity index (χ2v) is 11.3. The summed E-state index contributed by atoms with van der Waals surface area (Å²) in [5.41, 5.74) is 3.04. The van der Waals surface area contributed by atoms with Gasteiger partial charge in [-0.15, -0.1) is 10.2 Å². The highest BCUT2D eigenvalue weighted by molar-refractivity contribution is 7.15. The summed E-state index contributed by atoms with van der Waals surface area (Å²) in [4.78, 5) is 28.2. The molecular formula is C33H33N3O6S. The fraction of sp³-hybridized carbons (Fsp3) is 0.273. The number of benzene rings is 3. The molecule has 43 heavy (non-hydrogen) atoms. The lowest BCUT2D eigenvalue weighted by Crippen LogP contribution is -2.29. The Labute approximate surface area is 254 Å². The lowest BCUT2D eigenvalue weighted by Gasteiger charge is -2.23. The molecule has 5 rings (SSSR count). The Bertz CT molecular complexity index is 1660. The first-order valence-electron chi connectivity index (χ1n) is 14.0. The summed E-state index contributed by atoms with van der Waals surface area (Å²) in [5, 5.41) is 20.6. The maximum atomic E-state index is 13.5. The molecule has 1 unspecified atom stereocenters. The van der Waals surface area contributed by atoms with E-state index in [2.05, 4.69) is 23.2 Å². The van der Waals surface area contributed by atoms with Crippen molar-refractivity contribution in [2.75, 3.05) is 18.6 Å². The molecule has 1 amide bonds. The van der Waals surface area contributed by atoms with Crippen molar-refractivity contribution in [1.82, 2.24) is 10.2 Å². The fourth-order valence-corrected chi connectivity index (χ4v) is 5.58. The monoisotopic (exact) mass is 599 g/mol. The number of ketones is 1. The first-order chi connectivity index (χ1) is 20.8. The SMILES string of the molecule is CCCCOc1ccc(C2/C(=C(\O)c3ccc(OCc4cccc(C)c4)cc3)C(=O)C(=O)N2c2nnc(C)s2)cc1OC. The van der Waals surface area contributed by atoms with E-state index in [1.165, 1.54) is 23.3 Å². The van der Waals surface area contributed by atoms with Crippen LogP contribution in [0.1, 0.15) is 53.1 Å². The molecule has 0 saturated carbocycles. The second kappa shape index (κ2) is 13.1. The molecule has 10 heteroatoms. The third-order valence-electron chi connectivity index (χ3n) is 7.04. The highest BCUT2D eigenvalue weighted by Crippen LogP contribution is 2.44. The number of nitrogens with zero attached hydrogens (tertiary/aromatic N) is 3. The molecule has 1 fully saturated rings. The minimum absolute atomic E-state index is 0.0620. The Balaban J connectivity index is 1.51. The Morgan fingerprint density at radius 1 is 0.977 bits per heavy atom. The van der Waals surface area contributed by atoms with Gasteiger partial charge in [-0.05, 0) is 67.8 Å². The second-order valence-electron chi connectivity index (χ2n) is 10.2. The number of aryl methyl sites for hydroxylation is 2. The van der Waals surface area contributed by atoms with Crippen LogP contribution in [-0.2, 0) is 16.2 Å². The zero-order chi connectivity index (χ0) is 30.5.